The topological polar surface area (TPSA) is 84.0 Å². The number of likely N-dealkylation sites (tertiary alicyclic amines) is 1. The minimum Gasteiger partial charge on any atom is -0.361 e. The molecule has 0 aromatic heterocycles. The molecule has 0 aliphatic carbocycles. The lowest BCUT2D eigenvalue weighted by atomic mass is 10.0. The van der Waals surface area contributed by atoms with Crippen molar-refractivity contribution in [3.8, 4) is 11.8 Å². The minimum atomic E-state index is -1.27. The summed E-state index contributed by atoms with van der Waals surface area (Å²) in [4.78, 5) is 51.7. The number of hydrogen-bond acceptors (Lipinski definition) is 5. The van der Waals surface area contributed by atoms with Crippen LogP contribution in [0.15, 0.2) is 18.2 Å². The van der Waals surface area contributed by atoms with Crippen molar-refractivity contribution in [2.45, 2.75) is 64.0 Å². The van der Waals surface area contributed by atoms with E-state index in [1.807, 2.05) is 6.07 Å². The molecule has 1 saturated heterocycles. The Kier molecular flexibility index (Phi) is 7.64. The average Bonchev–Trinajstić information content (AvgIpc) is 3.07. The van der Waals surface area contributed by atoms with E-state index in [0.717, 1.165) is 28.4 Å². The number of nitrogens with zero attached hydrogens (tertiary/aromatic N) is 2. The summed E-state index contributed by atoms with van der Waals surface area (Å²) in [5, 5.41) is 0. The van der Waals surface area contributed by atoms with E-state index in [2.05, 4.69) is 31.5 Å². The number of unbranched alkanes of at least 4 members (excludes halogenated alkanes) is 1. The van der Waals surface area contributed by atoms with Gasteiger partial charge in [-0.3, -0.25) is 19.3 Å². The van der Waals surface area contributed by atoms with E-state index >= 15 is 0 Å². The first-order chi connectivity index (χ1) is 15.2. The second-order valence-corrected chi connectivity index (χ2v) is 15.0. The highest BCUT2D eigenvalue weighted by Crippen LogP contribution is 2.31. The molecule has 2 aliphatic heterocycles. The molecule has 0 radical (unpaired) electrons. The van der Waals surface area contributed by atoms with Crippen molar-refractivity contribution in [1.82, 2.24) is 9.80 Å². The van der Waals surface area contributed by atoms with Crippen molar-refractivity contribution in [3.63, 3.8) is 0 Å². The van der Waals surface area contributed by atoms with Gasteiger partial charge < -0.3 is 14.4 Å². The zero-order valence-corrected chi connectivity index (χ0v) is 20.0. The van der Waals surface area contributed by atoms with E-state index in [1.165, 1.54) is 0 Å². The monoisotopic (exact) mass is 454 g/mol. The van der Waals surface area contributed by atoms with Crippen molar-refractivity contribution in [1.29, 1.82) is 0 Å². The number of ether oxygens (including phenoxy) is 1. The van der Waals surface area contributed by atoms with Gasteiger partial charge >= 0.3 is 0 Å². The van der Waals surface area contributed by atoms with Gasteiger partial charge in [0.05, 0.1) is 0 Å². The number of amides is 3. The van der Waals surface area contributed by atoms with Crippen LogP contribution in [0.25, 0.3) is 0 Å². The lowest BCUT2D eigenvalue weighted by Crippen LogP contribution is -2.55. The smallest absolute Gasteiger partial charge is 0.255 e. The molecular formula is C24H30N2O5Si. The van der Waals surface area contributed by atoms with Gasteiger partial charge in [-0.2, -0.15) is 0 Å². The number of hydrogen-bond donors (Lipinski definition) is 0. The van der Waals surface area contributed by atoms with Gasteiger partial charge in [0.25, 0.3) is 11.8 Å². The van der Waals surface area contributed by atoms with Gasteiger partial charge in [-0.25, -0.2) is 0 Å². The molecule has 1 unspecified atom stereocenters. The Balaban J connectivity index is 1.71. The third-order valence-corrected chi connectivity index (χ3v) is 7.39. The van der Waals surface area contributed by atoms with Crippen LogP contribution >= 0.6 is 0 Å². The number of carbonyl (C=O) groups is 4. The molecule has 8 heteroatoms. The average molecular weight is 455 g/mol. The third-order valence-electron chi connectivity index (χ3n) is 5.68. The summed E-state index contributed by atoms with van der Waals surface area (Å²) in [6, 6.07) is 5.61. The maximum Gasteiger partial charge on any atom is 0.255 e. The molecule has 1 aromatic carbocycles. The molecule has 0 saturated carbocycles. The quantitative estimate of drug-likeness (QED) is 0.198. The summed E-state index contributed by atoms with van der Waals surface area (Å²) in [6.45, 7) is 7.43. The maximum atomic E-state index is 13.1. The molecule has 0 bridgehead atoms. The predicted octanol–water partition coefficient (Wildman–Crippen LogP) is 2.80. The first kappa shape index (κ1) is 23.9. The minimum absolute atomic E-state index is 0.0684. The number of aldehydes is 1. The van der Waals surface area contributed by atoms with Gasteiger partial charge in [-0.05, 0) is 30.2 Å². The summed E-state index contributed by atoms with van der Waals surface area (Å²) in [6.07, 6.45) is 2.16. The second kappa shape index (κ2) is 10.2. The highest BCUT2D eigenvalue weighted by molar-refractivity contribution is 6.76. The Labute approximate surface area is 190 Å². The lowest BCUT2D eigenvalue weighted by Gasteiger charge is -2.35. The van der Waals surface area contributed by atoms with Crippen molar-refractivity contribution in [2.24, 2.45) is 0 Å². The molecule has 3 rings (SSSR count). The van der Waals surface area contributed by atoms with E-state index in [1.54, 1.807) is 17.0 Å². The Morgan fingerprint density at radius 1 is 1.22 bits per heavy atom. The van der Waals surface area contributed by atoms with Crippen LogP contribution in [0.2, 0.25) is 25.7 Å². The van der Waals surface area contributed by atoms with Crippen LogP contribution in [0.4, 0.5) is 0 Å². The van der Waals surface area contributed by atoms with Crippen molar-refractivity contribution in [2.75, 3.05) is 13.3 Å². The Morgan fingerprint density at radius 2 is 2.00 bits per heavy atom. The number of benzene rings is 1. The van der Waals surface area contributed by atoms with Gasteiger partial charge in [0.1, 0.15) is 19.1 Å². The van der Waals surface area contributed by atoms with E-state index in [-0.39, 0.29) is 37.4 Å². The summed E-state index contributed by atoms with van der Waals surface area (Å²) in [7, 11) is -1.27. The fraction of sp³-hybridized carbons (Fsp3) is 0.500. The Bertz CT molecular complexity index is 973. The molecule has 32 heavy (non-hydrogen) atoms. The van der Waals surface area contributed by atoms with E-state index in [4.69, 9.17) is 4.74 Å². The van der Waals surface area contributed by atoms with Crippen molar-refractivity contribution < 1.29 is 23.9 Å². The summed E-state index contributed by atoms with van der Waals surface area (Å²) in [5.41, 5.74) is 2.06. The summed E-state index contributed by atoms with van der Waals surface area (Å²) >= 11 is 0. The number of carbonyl (C=O) groups excluding carboxylic acids is 4. The molecule has 2 aliphatic rings. The lowest BCUT2D eigenvalue weighted by molar-refractivity contribution is -0.158. The highest BCUT2D eigenvalue weighted by Gasteiger charge is 2.43. The van der Waals surface area contributed by atoms with Gasteiger partial charge in [0.15, 0.2) is 0 Å². The van der Waals surface area contributed by atoms with Crippen molar-refractivity contribution >= 4 is 32.1 Å². The molecule has 1 atom stereocenters. The SMILES string of the molecule is C[Si](C)(C)CCOCN1C(=O)CCC(N2Cc3c(C#CCCC=O)cccc3C2=O)C1=O. The van der Waals surface area contributed by atoms with Gasteiger partial charge in [-0.1, -0.05) is 37.5 Å². The van der Waals surface area contributed by atoms with Crippen LogP contribution in [-0.4, -0.2) is 61.3 Å². The first-order valence-electron chi connectivity index (χ1n) is 11.0. The Hall–Kier alpha value is -2.76. The van der Waals surface area contributed by atoms with Crippen LogP contribution < -0.4 is 0 Å². The van der Waals surface area contributed by atoms with Crippen LogP contribution in [0, 0.1) is 11.8 Å². The van der Waals surface area contributed by atoms with Crippen LogP contribution in [0.3, 0.4) is 0 Å². The zero-order chi connectivity index (χ0) is 23.3. The van der Waals surface area contributed by atoms with E-state index in [9.17, 15) is 19.2 Å². The summed E-state index contributed by atoms with van der Waals surface area (Å²) < 4.78 is 5.65. The number of fused-ring (bicyclic) bond motifs is 1. The van der Waals surface area contributed by atoms with E-state index in [0.29, 0.717) is 31.4 Å². The predicted molar refractivity (Wildman–Crippen MR) is 122 cm³/mol. The van der Waals surface area contributed by atoms with Crippen LogP contribution in [0.5, 0.6) is 0 Å². The molecule has 1 fully saturated rings. The van der Waals surface area contributed by atoms with Gasteiger partial charge in [0, 0.05) is 51.6 Å². The maximum absolute atomic E-state index is 13.1. The number of piperidine rings is 1. The van der Waals surface area contributed by atoms with E-state index < -0.39 is 14.1 Å². The molecule has 7 nitrogen and oxygen atoms in total. The molecule has 2 heterocycles. The molecule has 0 spiro atoms. The van der Waals surface area contributed by atoms with Gasteiger partial charge in [-0.15, -0.1) is 0 Å². The van der Waals surface area contributed by atoms with Crippen LogP contribution in [0.1, 0.15) is 47.2 Å². The number of imide groups is 1. The third kappa shape index (κ3) is 5.53. The molecule has 1 aromatic rings. The fourth-order valence-corrected chi connectivity index (χ4v) is 4.55. The Morgan fingerprint density at radius 3 is 2.72 bits per heavy atom. The highest BCUT2D eigenvalue weighted by atomic mass is 28.3. The largest absolute Gasteiger partial charge is 0.361 e. The standard InChI is InChI=1S/C24H30N2O5Si/c1-32(2,3)15-14-31-17-26-22(28)12-11-21(24(26)30)25-16-20-18(8-5-4-6-13-27)9-7-10-19(20)23(25)29/h7,9-10,13,21H,4,6,11-12,14-17H2,1-3H3. The summed E-state index contributed by atoms with van der Waals surface area (Å²) in [5.74, 6) is 5.14. The normalized spacial score (nSPS) is 18.5. The molecule has 0 N–H and O–H groups in total. The number of rotatable bonds is 8. The van der Waals surface area contributed by atoms with Crippen molar-refractivity contribution in [3.05, 3.63) is 34.9 Å². The molecule has 3 amide bonds. The van der Waals surface area contributed by atoms with Gasteiger partial charge in [0.2, 0.25) is 5.91 Å². The first-order valence-corrected chi connectivity index (χ1v) is 14.7. The molecule has 170 valence electrons. The molecular weight excluding hydrogens is 424 g/mol. The second-order valence-electron chi connectivity index (χ2n) is 9.33. The van der Waals surface area contributed by atoms with Crippen LogP contribution in [-0.2, 0) is 25.7 Å². The zero-order valence-electron chi connectivity index (χ0n) is 19.0. The fourth-order valence-electron chi connectivity index (χ4n) is 3.79.